The predicted molar refractivity (Wildman–Crippen MR) is 65.9 cm³/mol. The molecule has 0 bridgehead atoms. The zero-order valence-electron chi connectivity index (χ0n) is 10.5. The van der Waals surface area contributed by atoms with Gasteiger partial charge in [0.15, 0.2) is 0 Å². The summed E-state index contributed by atoms with van der Waals surface area (Å²) in [6.07, 6.45) is 0.707. The summed E-state index contributed by atoms with van der Waals surface area (Å²) in [7, 11) is -3.57. The number of sulfonamides is 1. The average Bonchev–Trinajstić information content (AvgIpc) is 2.14. The van der Waals surface area contributed by atoms with E-state index < -0.39 is 15.8 Å². The smallest absolute Gasteiger partial charge is 0.208 e. The molecule has 0 aliphatic heterocycles. The Kier molecular flexibility index (Phi) is 4.27. The molecule has 0 fully saturated rings. The maximum Gasteiger partial charge on any atom is 0.241 e. The van der Waals surface area contributed by atoms with Crippen LogP contribution in [0.25, 0.3) is 0 Å². The second-order valence-corrected chi connectivity index (χ2v) is 5.95. The van der Waals surface area contributed by atoms with Crippen molar-refractivity contribution in [3.05, 3.63) is 29.1 Å². The van der Waals surface area contributed by atoms with Crippen LogP contribution in [0.4, 0.5) is 4.39 Å². The molecule has 5 heteroatoms. The van der Waals surface area contributed by atoms with E-state index >= 15 is 0 Å². The molecule has 0 heterocycles. The Morgan fingerprint density at radius 2 is 1.76 bits per heavy atom. The lowest BCUT2D eigenvalue weighted by Gasteiger charge is -2.15. The number of halogens is 1. The monoisotopic (exact) mass is 259 g/mol. The molecule has 1 aromatic rings. The highest BCUT2D eigenvalue weighted by molar-refractivity contribution is 7.89. The molecule has 17 heavy (non-hydrogen) atoms. The van der Waals surface area contributed by atoms with Gasteiger partial charge < -0.3 is 0 Å². The highest BCUT2D eigenvalue weighted by atomic mass is 32.2. The summed E-state index contributed by atoms with van der Waals surface area (Å²) < 4.78 is 39.9. The molecule has 1 atom stereocenters. The van der Waals surface area contributed by atoms with Gasteiger partial charge in [0.1, 0.15) is 5.82 Å². The summed E-state index contributed by atoms with van der Waals surface area (Å²) >= 11 is 0. The second-order valence-electron chi connectivity index (χ2n) is 4.30. The summed E-state index contributed by atoms with van der Waals surface area (Å²) in [4.78, 5) is 0.180. The summed E-state index contributed by atoms with van der Waals surface area (Å²) in [6.45, 7) is 6.89. The first-order valence-corrected chi connectivity index (χ1v) is 7.05. The highest BCUT2D eigenvalue weighted by Gasteiger charge is 2.21. The molecule has 3 nitrogen and oxygen atoms in total. The maximum atomic E-state index is 13.1. The highest BCUT2D eigenvalue weighted by Crippen LogP contribution is 2.21. The molecular weight excluding hydrogens is 241 g/mol. The summed E-state index contributed by atoms with van der Waals surface area (Å²) in [5.41, 5.74) is 0.858. The molecule has 0 aliphatic rings. The fraction of sp³-hybridized carbons (Fsp3) is 0.500. The number of aryl methyl sites for hydroxylation is 2. The van der Waals surface area contributed by atoms with Crippen molar-refractivity contribution in [3.63, 3.8) is 0 Å². The van der Waals surface area contributed by atoms with Crippen molar-refractivity contribution in [2.75, 3.05) is 0 Å². The number of rotatable bonds is 4. The van der Waals surface area contributed by atoms with E-state index in [1.54, 1.807) is 20.8 Å². The fourth-order valence-electron chi connectivity index (χ4n) is 1.73. The molecule has 0 aliphatic carbocycles. The first-order chi connectivity index (χ1) is 7.77. The SMILES string of the molecule is CCC(C)NS(=O)(=O)c1c(C)cc(F)cc1C. The Balaban J connectivity index is 3.25. The second kappa shape index (κ2) is 5.14. The summed E-state index contributed by atoms with van der Waals surface area (Å²) in [5.74, 6) is -0.414. The van der Waals surface area contributed by atoms with Crippen LogP contribution in [-0.2, 0) is 10.0 Å². The van der Waals surface area contributed by atoms with Gasteiger partial charge in [-0.25, -0.2) is 17.5 Å². The Morgan fingerprint density at radius 3 is 2.18 bits per heavy atom. The largest absolute Gasteiger partial charge is 0.241 e. The van der Waals surface area contributed by atoms with Crippen LogP contribution in [-0.4, -0.2) is 14.5 Å². The zero-order valence-corrected chi connectivity index (χ0v) is 11.4. The molecular formula is C12H18FNO2S. The van der Waals surface area contributed by atoms with Crippen molar-refractivity contribution >= 4 is 10.0 Å². The minimum absolute atomic E-state index is 0.135. The van der Waals surface area contributed by atoms with Crippen LogP contribution in [0.5, 0.6) is 0 Å². The number of benzene rings is 1. The van der Waals surface area contributed by atoms with E-state index in [4.69, 9.17) is 0 Å². The van der Waals surface area contributed by atoms with E-state index in [0.717, 1.165) is 0 Å². The summed E-state index contributed by atoms with van der Waals surface area (Å²) in [6, 6.07) is 2.33. The fourth-order valence-corrected chi connectivity index (χ4v) is 3.51. The molecule has 1 rings (SSSR count). The van der Waals surface area contributed by atoms with Crippen LogP contribution in [0.15, 0.2) is 17.0 Å². The van der Waals surface area contributed by atoms with Gasteiger partial charge in [-0.2, -0.15) is 0 Å². The van der Waals surface area contributed by atoms with Crippen LogP contribution >= 0.6 is 0 Å². The molecule has 1 unspecified atom stereocenters. The lowest BCUT2D eigenvalue weighted by atomic mass is 10.1. The van der Waals surface area contributed by atoms with Crippen LogP contribution in [0.1, 0.15) is 31.4 Å². The standard InChI is InChI=1S/C12H18FNO2S/c1-5-10(4)14-17(15,16)12-8(2)6-11(13)7-9(12)3/h6-7,10,14H,5H2,1-4H3. The van der Waals surface area contributed by atoms with Gasteiger partial charge >= 0.3 is 0 Å². The van der Waals surface area contributed by atoms with Gasteiger partial charge in [0.2, 0.25) is 10.0 Å². The quantitative estimate of drug-likeness (QED) is 0.903. The number of nitrogens with one attached hydrogen (secondary N) is 1. The first kappa shape index (κ1) is 14.1. The van der Waals surface area contributed by atoms with Gasteiger partial charge in [0.05, 0.1) is 4.90 Å². The van der Waals surface area contributed by atoms with Gasteiger partial charge in [-0.1, -0.05) is 6.92 Å². The van der Waals surface area contributed by atoms with Crippen LogP contribution in [0.2, 0.25) is 0 Å². The van der Waals surface area contributed by atoms with Crippen LogP contribution < -0.4 is 4.72 Å². The Bertz CT molecular complexity index is 488. The van der Waals surface area contributed by atoms with E-state index in [1.165, 1.54) is 12.1 Å². The van der Waals surface area contributed by atoms with Gasteiger partial charge in [-0.3, -0.25) is 0 Å². The predicted octanol–water partition coefficient (Wildman–Crippen LogP) is 2.52. The molecule has 0 spiro atoms. The Labute approximate surface area is 102 Å². The lowest BCUT2D eigenvalue weighted by Crippen LogP contribution is -2.33. The van der Waals surface area contributed by atoms with E-state index in [1.807, 2.05) is 6.92 Å². The van der Waals surface area contributed by atoms with Gasteiger partial charge in [0, 0.05) is 6.04 Å². The number of hydrogen-bond acceptors (Lipinski definition) is 2. The molecule has 0 amide bonds. The normalized spacial score (nSPS) is 13.7. The molecule has 96 valence electrons. The topological polar surface area (TPSA) is 46.2 Å². The van der Waals surface area contributed by atoms with E-state index in [2.05, 4.69) is 4.72 Å². The third-order valence-electron chi connectivity index (χ3n) is 2.66. The van der Waals surface area contributed by atoms with Gasteiger partial charge in [-0.15, -0.1) is 0 Å². The maximum absolute atomic E-state index is 13.1. The zero-order chi connectivity index (χ0) is 13.2. The third-order valence-corrected chi connectivity index (χ3v) is 4.56. The lowest BCUT2D eigenvalue weighted by molar-refractivity contribution is 0.554. The minimum atomic E-state index is -3.57. The molecule has 0 saturated heterocycles. The van der Waals surface area contributed by atoms with Crippen LogP contribution in [0.3, 0.4) is 0 Å². The van der Waals surface area contributed by atoms with Crippen molar-refractivity contribution in [3.8, 4) is 0 Å². The minimum Gasteiger partial charge on any atom is -0.208 e. The van der Waals surface area contributed by atoms with Gasteiger partial charge in [-0.05, 0) is 50.5 Å². The molecule has 0 aromatic heterocycles. The van der Waals surface area contributed by atoms with Crippen LogP contribution in [0, 0.1) is 19.7 Å². The first-order valence-electron chi connectivity index (χ1n) is 5.57. The van der Waals surface area contributed by atoms with E-state index in [0.29, 0.717) is 17.5 Å². The van der Waals surface area contributed by atoms with Crippen molar-refractivity contribution in [2.45, 2.75) is 45.1 Å². The van der Waals surface area contributed by atoms with Gasteiger partial charge in [0.25, 0.3) is 0 Å². The third kappa shape index (κ3) is 3.26. The van der Waals surface area contributed by atoms with E-state index in [9.17, 15) is 12.8 Å². The Morgan fingerprint density at radius 1 is 1.29 bits per heavy atom. The molecule has 0 radical (unpaired) electrons. The van der Waals surface area contributed by atoms with Crippen molar-refractivity contribution in [2.24, 2.45) is 0 Å². The molecule has 1 aromatic carbocycles. The molecule has 1 N–H and O–H groups in total. The Hall–Kier alpha value is -0.940. The average molecular weight is 259 g/mol. The van der Waals surface area contributed by atoms with Crippen molar-refractivity contribution in [1.29, 1.82) is 0 Å². The van der Waals surface area contributed by atoms with E-state index in [-0.39, 0.29) is 10.9 Å². The summed E-state index contributed by atoms with van der Waals surface area (Å²) in [5, 5.41) is 0. The van der Waals surface area contributed by atoms with Crippen molar-refractivity contribution < 1.29 is 12.8 Å². The van der Waals surface area contributed by atoms with Crippen molar-refractivity contribution in [1.82, 2.24) is 4.72 Å². The molecule has 0 saturated carbocycles. The number of hydrogen-bond donors (Lipinski definition) is 1.